The molecular weight excluding hydrogens is 248 g/mol. The average Bonchev–Trinajstić information content (AvgIpc) is 2.46. The van der Waals surface area contributed by atoms with E-state index in [1.54, 1.807) is 12.3 Å². The molecule has 0 bridgehead atoms. The molecule has 0 aliphatic heterocycles. The molecule has 0 unspecified atom stereocenters. The fourth-order valence-corrected chi connectivity index (χ4v) is 1.50. The van der Waals surface area contributed by atoms with Crippen LogP contribution >= 0.6 is 0 Å². The molecule has 0 radical (unpaired) electrons. The van der Waals surface area contributed by atoms with Crippen LogP contribution in [0.1, 0.15) is 5.56 Å². The molecule has 98 valence electrons. The summed E-state index contributed by atoms with van der Waals surface area (Å²) in [4.78, 5) is 18.3. The molecule has 0 saturated carbocycles. The molecule has 1 N–H and O–H groups in total. The number of rotatable bonds is 5. The summed E-state index contributed by atoms with van der Waals surface area (Å²) in [6.07, 6.45) is 3.14. The second-order valence-corrected chi connectivity index (χ2v) is 3.69. The third-order valence-corrected chi connectivity index (χ3v) is 2.45. The minimum atomic E-state index is -0.471. The predicted molar refractivity (Wildman–Crippen MR) is 69.0 cm³/mol. The average molecular weight is 260 g/mol. The number of ether oxygens (including phenoxy) is 1. The summed E-state index contributed by atoms with van der Waals surface area (Å²) < 4.78 is 4.95. The van der Waals surface area contributed by atoms with E-state index >= 15 is 0 Å². The maximum absolute atomic E-state index is 10.8. The van der Waals surface area contributed by atoms with Gasteiger partial charge >= 0.3 is 5.69 Å². The quantitative estimate of drug-likeness (QED) is 0.653. The molecule has 0 aliphatic carbocycles. The summed E-state index contributed by atoms with van der Waals surface area (Å²) in [6.45, 7) is 0.398. The topological polar surface area (TPSA) is 90.2 Å². The van der Waals surface area contributed by atoms with Gasteiger partial charge in [0, 0.05) is 31.1 Å². The molecule has 7 nitrogen and oxygen atoms in total. The van der Waals surface area contributed by atoms with Gasteiger partial charge in [0.25, 0.3) is 0 Å². The Kier molecular flexibility index (Phi) is 3.87. The Morgan fingerprint density at radius 1 is 1.37 bits per heavy atom. The number of aromatic nitrogens is 2. The number of nitrogens with zero attached hydrogens (tertiary/aromatic N) is 3. The van der Waals surface area contributed by atoms with E-state index in [0.29, 0.717) is 12.4 Å². The van der Waals surface area contributed by atoms with E-state index < -0.39 is 4.92 Å². The van der Waals surface area contributed by atoms with Crippen molar-refractivity contribution in [3.63, 3.8) is 0 Å². The Morgan fingerprint density at radius 3 is 2.84 bits per heavy atom. The van der Waals surface area contributed by atoms with Crippen LogP contribution in [-0.2, 0) is 6.54 Å². The highest BCUT2D eigenvalue weighted by Crippen LogP contribution is 2.20. The molecule has 0 aromatic carbocycles. The number of hydrogen-bond acceptors (Lipinski definition) is 6. The van der Waals surface area contributed by atoms with Crippen LogP contribution in [0.3, 0.4) is 0 Å². The van der Waals surface area contributed by atoms with Crippen LogP contribution in [0.15, 0.2) is 36.7 Å². The lowest BCUT2D eigenvalue weighted by molar-refractivity contribution is -0.384. The Morgan fingerprint density at radius 2 is 2.21 bits per heavy atom. The van der Waals surface area contributed by atoms with Crippen LogP contribution in [0, 0.1) is 10.1 Å². The van der Waals surface area contributed by atoms with Gasteiger partial charge in [0.2, 0.25) is 11.7 Å². The van der Waals surface area contributed by atoms with Gasteiger partial charge in [0.15, 0.2) is 0 Å². The molecule has 0 spiro atoms. The summed E-state index contributed by atoms with van der Waals surface area (Å²) in [5, 5.41) is 13.7. The highest BCUT2D eigenvalue weighted by atomic mass is 16.6. The van der Waals surface area contributed by atoms with Crippen molar-refractivity contribution in [3.8, 4) is 5.88 Å². The second-order valence-electron chi connectivity index (χ2n) is 3.69. The maximum Gasteiger partial charge on any atom is 0.311 e. The fraction of sp³-hybridized carbons (Fsp3) is 0.167. The number of methoxy groups -OCH3 is 1. The summed E-state index contributed by atoms with van der Waals surface area (Å²) >= 11 is 0. The monoisotopic (exact) mass is 260 g/mol. The number of hydrogen-bond donors (Lipinski definition) is 1. The number of pyridine rings is 2. The van der Waals surface area contributed by atoms with Crippen molar-refractivity contribution in [3.05, 3.63) is 52.3 Å². The van der Waals surface area contributed by atoms with Gasteiger partial charge in [-0.2, -0.15) is 0 Å². The predicted octanol–water partition coefficient (Wildman–Crippen LogP) is 2.01. The van der Waals surface area contributed by atoms with Gasteiger partial charge in [-0.05, 0) is 11.6 Å². The van der Waals surface area contributed by atoms with E-state index in [4.69, 9.17) is 4.74 Å². The minimum absolute atomic E-state index is 0.0519. The number of nitro groups is 1. The van der Waals surface area contributed by atoms with Gasteiger partial charge in [0.05, 0.1) is 12.0 Å². The zero-order valence-electron chi connectivity index (χ0n) is 10.2. The van der Waals surface area contributed by atoms with Crippen molar-refractivity contribution < 1.29 is 9.66 Å². The van der Waals surface area contributed by atoms with Crippen molar-refractivity contribution in [2.75, 3.05) is 12.4 Å². The van der Waals surface area contributed by atoms with Crippen molar-refractivity contribution in [1.82, 2.24) is 9.97 Å². The molecule has 2 aromatic heterocycles. The van der Waals surface area contributed by atoms with Crippen LogP contribution in [0.2, 0.25) is 0 Å². The van der Waals surface area contributed by atoms with Crippen LogP contribution < -0.4 is 10.1 Å². The highest BCUT2D eigenvalue weighted by molar-refractivity contribution is 5.55. The van der Waals surface area contributed by atoms with Gasteiger partial charge in [-0.3, -0.25) is 10.1 Å². The molecule has 0 aliphatic rings. The van der Waals surface area contributed by atoms with Crippen LogP contribution in [0.5, 0.6) is 5.88 Å². The molecule has 7 heteroatoms. The Balaban J connectivity index is 2.07. The van der Waals surface area contributed by atoms with E-state index in [1.165, 1.54) is 25.4 Å². The van der Waals surface area contributed by atoms with Gasteiger partial charge < -0.3 is 10.1 Å². The Bertz CT molecular complexity index is 571. The van der Waals surface area contributed by atoms with Crippen LogP contribution in [0.25, 0.3) is 0 Å². The van der Waals surface area contributed by atoms with Crippen molar-refractivity contribution in [2.24, 2.45) is 0 Å². The normalized spacial score (nSPS) is 9.95. The van der Waals surface area contributed by atoms with Crippen LogP contribution in [0.4, 0.5) is 11.5 Å². The lowest BCUT2D eigenvalue weighted by atomic mass is 10.3. The molecule has 0 amide bonds. The largest absolute Gasteiger partial charge is 0.481 e. The van der Waals surface area contributed by atoms with Crippen molar-refractivity contribution in [1.29, 1.82) is 0 Å². The first-order chi connectivity index (χ1) is 9.20. The third-order valence-electron chi connectivity index (χ3n) is 2.45. The van der Waals surface area contributed by atoms with E-state index in [0.717, 1.165) is 5.56 Å². The molecule has 2 aromatic rings. The molecule has 0 fully saturated rings. The van der Waals surface area contributed by atoms with E-state index in [-0.39, 0.29) is 11.5 Å². The smallest absolute Gasteiger partial charge is 0.311 e. The second kappa shape index (κ2) is 5.76. The van der Waals surface area contributed by atoms with Crippen molar-refractivity contribution in [2.45, 2.75) is 6.54 Å². The zero-order chi connectivity index (χ0) is 13.7. The highest BCUT2D eigenvalue weighted by Gasteiger charge is 2.13. The molecular formula is C12H12N4O3. The SMILES string of the molecule is COc1ccc(CNc2ncccc2[N+](=O)[O-])cn1. The lowest BCUT2D eigenvalue weighted by Crippen LogP contribution is -2.04. The van der Waals surface area contributed by atoms with E-state index in [9.17, 15) is 10.1 Å². The van der Waals surface area contributed by atoms with E-state index in [2.05, 4.69) is 15.3 Å². The lowest BCUT2D eigenvalue weighted by Gasteiger charge is -2.06. The Labute approximate surface area is 109 Å². The summed E-state index contributed by atoms with van der Waals surface area (Å²) in [5.74, 6) is 0.760. The maximum atomic E-state index is 10.8. The van der Waals surface area contributed by atoms with Gasteiger partial charge in [0.1, 0.15) is 0 Å². The zero-order valence-corrected chi connectivity index (χ0v) is 10.2. The standard InChI is InChI=1S/C12H12N4O3/c1-19-11-5-4-9(7-14-11)8-15-12-10(16(17)18)3-2-6-13-12/h2-7H,8H2,1H3,(H,13,15). The van der Waals surface area contributed by atoms with Gasteiger partial charge in [-0.1, -0.05) is 6.07 Å². The molecule has 0 atom stereocenters. The van der Waals surface area contributed by atoms with Crippen LogP contribution in [-0.4, -0.2) is 22.0 Å². The first kappa shape index (κ1) is 12.7. The Hall–Kier alpha value is -2.70. The molecule has 2 heterocycles. The summed E-state index contributed by atoms with van der Waals surface area (Å²) in [6, 6.07) is 6.48. The summed E-state index contributed by atoms with van der Waals surface area (Å²) in [5.41, 5.74) is 0.824. The van der Waals surface area contributed by atoms with E-state index in [1.807, 2.05) is 6.07 Å². The fourth-order valence-electron chi connectivity index (χ4n) is 1.50. The number of anilines is 1. The first-order valence-electron chi connectivity index (χ1n) is 5.53. The molecule has 19 heavy (non-hydrogen) atoms. The van der Waals surface area contributed by atoms with Gasteiger partial charge in [-0.15, -0.1) is 0 Å². The summed E-state index contributed by atoms with van der Waals surface area (Å²) in [7, 11) is 1.54. The molecule has 0 saturated heterocycles. The van der Waals surface area contributed by atoms with Crippen molar-refractivity contribution >= 4 is 11.5 Å². The third kappa shape index (κ3) is 3.15. The van der Waals surface area contributed by atoms with Gasteiger partial charge in [-0.25, -0.2) is 9.97 Å². The minimum Gasteiger partial charge on any atom is -0.481 e. The first-order valence-corrected chi connectivity index (χ1v) is 5.53. The number of nitrogens with one attached hydrogen (secondary N) is 1. The molecule has 2 rings (SSSR count).